The van der Waals surface area contributed by atoms with Crippen LogP contribution < -0.4 is 15.4 Å². The van der Waals surface area contributed by atoms with Gasteiger partial charge in [-0.25, -0.2) is 0 Å². The summed E-state index contributed by atoms with van der Waals surface area (Å²) in [7, 11) is 1.55. The molecule has 4 nitrogen and oxygen atoms in total. The van der Waals surface area contributed by atoms with Gasteiger partial charge in [0, 0.05) is 18.3 Å². The molecule has 1 aliphatic rings. The number of carbonyl (C=O) groups excluding carboxylic acids is 1. The van der Waals surface area contributed by atoms with E-state index in [-0.39, 0.29) is 11.3 Å². The molecule has 0 bridgehead atoms. The monoisotopic (exact) mass is 282 g/mol. The van der Waals surface area contributed by atoms with Crippen LogP contribution in [0.3, 0.4) is 0 Å². The first-order valence-corrected chi connectivity index (χ1v) is 6.79. The number of anilines is 1. The number of nitrogens with one attached hydrogen (secondary N) is 2. The summed E-state index contributed by atoms with van der Waals surface area (Å²) in [5.74, 6) is 0.593. The number of amides is 1. The third-order valence-corrected chi connectivity index (χ3v) is 3.87. The highest BCUT2D eigenvalue weighted by atomic mass is 35.5. The predicted molar refractivity (Wildman–Crippen MR) is 76.8 cm³/mol. The summed E-state index contributed by atoms with van der Waals surface area (Å²) >= 11 is 5.96. The minimum atomic E-state index is -0.356. The zero-order chi connectivity index (χ0) is 13.9. The van der Waals surface area contributed by atoms with Crippen molar-refractivity contribution < 1.29 is 9.53 Å². The molecule has 0 aliphatic carbocycles. The third-order valence-electron chi connectivity index (χ3n) is 3.55. The normalized spacial score (nSPS) is 22.9. The molecule has 0 spiro atoms. The predicted octanol–water partition coefficient (Wildman–Crippen LogP) is 2.68. The maximum atomic E-state index is 12.3. The Kier molecular flexibility index (Phi) is 4.32. The molecule has 0 radical (unpaired) electrons. The van der Waals surface area contributed by atoms with Gasteiger partial charge in [-0.1, -0.05) is 11.6 Å². The molecule has 1 heterocycles. The van der Waals surface area contributed by atoms with Crippen molar-refractivity contribution >= 4 is 23.2 Å². The fraction of sp³-hybridized carbons (Fsp3) is 0.500. The van der Waals surface area contributed by atoms with Gasteiger partial charge in [0.2, 0.25) is 5.91 Å². The molecule has 104 valence electrons. The molecule has 1 atom stereocenters. The first-order chi connectivity index (χ1) is 9.05. The van der Waals surface area contributed by atoms with Crippen LogP contribution in [-0.2, 0) is 4.79 Å². The molecule has 1 aliphatic heterocycles. The maximum Gasteiger partial charge on any atom is 0.231 e. The van der Waals surface area contributed by atoms with Gasteiger partial charge in [-0.05, 0) is 38.4 Å². The Hall–Kier alpha value is -1.26. The highest BCUT2D eigenvalue weighted by Crippen LogP contribution is 2.30. The summed E-state index contributed by atoms with van der Waals surface area (Å²) in [6, 6.07) is 5.24. The van der Waals surface area contributed by atoms with E-state index in [1.54, 1.807) is 25.3 Å². The Morgan fingerprint density at radius 3 is 2.95 bits per heavy atom. The first-order valence-electron chi connectivity index (χ1n) is 6.41. The van der Waals surface area contributed by atoms with E-state index in [0.717, 1.165) is 19.4 Å². The molecule has 1 aromatic rings. The van der Waals surface area contributed by atoms with Crippen LogP contribution in [0.4, 0.5) is 5.69 Å². The minimum absolute atomic E-state index is 0.0316. The van der Waals surface area contributed by atoms with Gasteiger partial charge < -0.3 is 15.4 Å². The number of rotatable bonds is 3. The van der Waals surface area contributed by atoms with Gasteiger partial charge >= 0.3 is 0 Å². The number of benzene rings is 1. The quantitative estimate of drug-likeness (QED) is 0.896. The van der Waals surface area contributed by atoms with Gasteiger partial charge in [-0.2, -0.15) is 0 Å². The first kappa shape index (κ1) is 14.2. The average Bonchev–Trinajstić information content (AvgIpc) is 2.41. The van der Waals surface area contributed by atoms with Crippen molar-refractivity contribution in [1.82, 2.24) is 5.32 Å². The van der Waals surface area contributed by atoms with Crippen molar-refractivity contribution in [2.75, 3.05) is 25.5 Å². The van der Waals surface area contributed by atoms with Crippen LogP contribution >= 0.6 is 11.6 Å². The maximum absolute atomic E-state index is 12.3. The Balaban J connectivity index is 2.10. The van der Waals surface area contributed by atoms with Crippen molar-refractivity contribution in [3.05, 3.63) is 23.2 Å². The largest absolute Gasteiger partial charge is 0.495 e. The standard InChI is InChI=1S/C14H19ClN2O2/c1-14(6-3-7-16-9-14)13(18)17-10-4-5-11(15)12(8-10)19-2/h4-5,8,16H,3,6-7,9H2,1-2H3,(H,17,18). The number of hydrogen-bond donors (Lipinski definition) is 2. The molecule has 0 saturated carbocycles. The van der Waals surface area contributed by atoms with Gasteiger partial charge in [0.15, 0.2) is 0 Å². The van der Waals surface area contributed by atoms with Crippen LogP contribution in [0.15, 0.2) is 18.2 Å². The highest BCUT2D eigenvalue weighted by molar-refractivity contribution is 6.32. The summed E-state index contributed by atoms with van der Waals surface area (Å²) < 4.78 is 5.14. The minimum Gasteiger partial charge on any atom is -0.495 e. The van der Waals surface area contributed by atoms with Crippen molar-refractivity contribution in [2.45, 2.75) is 19.8 Å². The summed E-state index contributed by atoms with van der Waals surface area (Å²) in [5, 5.41) is 6.74. The number of carbonyl (C=O) groups is 1. The fourth-order valence-corrected chi connectivity index (χ4v) is 2.46. The number of hydrogen-bond acceptors (Lipinski definition) is 3. The van der Waals surface area contributed by atoms with Crippen molar-refractivity contribution in [2.24, 2.45) is 5.41 Å². The van der Waals surface area contributed by atoms with E-state index < -0.39 is 0 Å². The van der Waals surface area contributed by atoms with E-state index in [4.69, 9.17) is 16.3 Å². The second kappa shape index (κ2) is 5.80. The molecule has 2 rings (SSSR count). The Labute approximate surface area is 118 Å². The van der Waals surface area contributed by atoms with E-state index in [1.165, 1.54) is 0 Å². The number of methoxy groups -OCH3 is 1. The third kappa shape index (κ3) is 3.19. The van der Waals surface area contributed by atoms with E-state index in [9.17, 15) is 4.79 Å². The second-order valence-electron chi connectivity index (χ2n) is 5.14. The molecule has 1 unspecified atom stereocenters. The summed E-state index contributed by atoms with van der Waals surface area (Å²) in [6.45, 7) is 3.68. The molecule has 2 N–H and O–H groups in total. The number of piperidine rings is 1. The van der Waals surface area contributed by atoms with E-state index in [1.807, 2.05) is 6.92 Å². The topological polar surface area (TPSA) is 50.4 Å². The van der Waals surface area contributed by atoms with Crippen LogP contribution in [-0.4, -0.2) is 26.1 Å². The molecule has 19 heavy (non-hydrogen) atoms. The van der Waals surface area contributed by atoms with Crippen LogP contribution in [0.1, 0.15) is 19.8 Å². The summed E-state index contributed by atoms with van der Waals surface area (Å²) in [5.41, 5.74) is 0.350. The molecule has 0 aromatic heterocycles. The molecule has 1 amide bonds. The van der Waals surface area contributed by atoms with Crippen LogP contribution in [0.25, 0.3) is 0 Å². The Morgan fingerprint density at radius 1 is 1.53 bits per heavy atom. The molecule has 1 saturated heterocycles. The zero-order valence-electron chi connectivity index (χ0n) is 11.3. The van der Waals surface area contributed by atoms with Crippen LogP contribution in [0, 0.1) is 5.41 Å². The van der Waals surface area contributed by atoms with Crippen LogP contribution in [0.2, 0.25) is 5.02 Å². The Morgan fingerprint density at radius 2 is 2.32 bits per heavy atom. The summed E-state index contributed by atoms with van der Waals surface area (Å²) in [4.78, 5) is 12.3. The van der Waals surface area contributed by atoms with E-state index >= 15 is 0 Å². The van der Waals surface area contributed by atoms with Crippen molar-refractivity contribution in [3.63, 3.8) is 0 Å². The number of halogens is 1. The lowest BCUT2D eigenvalue weighted by molar-refractivity contribution is -0.125. The average molecular weight is 283 g/mol. The van der Waals surface area contributed by atoms with Gasteiger partial charge in [-0.15, -0.1) is 0 Å². The smallest absolute Gasteiger partial charge is 0.231 e. The zero-order valence-corrected chi connectivity index (χ0v) is 12.0. The lowest BCUT2D eigenvalue weighted by Gasteiger charge is -2.32. The van der Waals surface area contributed by atoms with Gasteiger partial charge in [-0.3, -0.25) is 4.79 Å². The van der Waals surface area contributed by atoms with E-state index in [2.05, 4.69) is 10.6 Å². The second-order valence-corrected chi connectivity index (χ2v) is 5.55. The number of ether oxygens (including phenoxy) is 1. The SMILES string of the molecule is COc1cc(NC(=O)C2(C)CCCNC2)ccc1Cl. The van der Waals surface area contributed by atoms with E-state index in [0.29, 0.717) is 23.0 Å². The van der Waals surface area contributed by atoms with Gasteiger partial charge in [0.1, 0.15) is 5.75 Å². The molecule has 1 aromatic carbocycles. The summed E-state index contributed by atoms with van der Waals surface area (Å²) in [6.07, 6.45) is 1.92. The lowest BCUT2D eigenvalue weighted by Crippen LogP contribution is -2.46. The fourth-order valence-electron chi connectivity index (χ4n) is 2.27. The molecule has 1 fully saturated rings. The molecular formula is C14H19ClN2O2. The van der Waals surface area contributed by atoms with Gasteiger partial charge in [0.25, 0.3) is 0 Å². The molecule has 5 heteroatoms. The highest BCUT2D eigenvalue weighted by Gasteiger charge is 2.34. The van der Waals surface area contributed by atoms with Crippen molar-refractivity contribution in [3.8, 4) is 5.75 Å². The Bertz CT molecular complexity index is 471. The van der Waals surface area contributed by atoms with Crippen LogP contribution in [0.5, 0.6) is 5.75 Å². The van der Waals surface area contributed by atoms with Crippen molar-refractivity contribution in [1.29, 1.82) is 0 Å². The molecular weight excluding hydrogens is 264 g/mol. The van der Waals surface area contributed by atoms with Gasteiger partial charge in [0.05, 0.1) is 17.5 Å². The lowest BCUT2D eigenvalue weighted by atomic mass is 9.82.